The maximum Gasteiger partial charge on any atom is 0.0852 e. The van der Waals surface area contributed by atoms with Gasteiger partial charge in [0.25, 0.3) is 0 Å². The molecule has 0 aliphatic rings. The number of aromatic nitrogens is 3. The Morgan fingerprint density at radius 2 is 2.17 bits per heavy atom. The van der Waals surface area contributed by atoms with Crippen LogP contribution in [0.2, 0.25) is 5.02 Å². The SMILES string of the molecule is Cc1ccc(Cl)c(-n2cc(CCCCN)nn2)c1. The number of nitrogens with zero attached hydrogens (tertiary/aromatic N) is 3. The van der Waals surface area contributed by atoms with Crippen molar-refractivity contribution >= 4 is 11.6 Å². The largest absolute Gasteiger partial charge is 0.330 e. The van der Waals surface area contributed by atoms with E-state index in [1.165, 1.54) is 0 Å². The molecule has 0 saturated heterocycles. The molecular weight excluding hydrogens is 248 g/mol. The lowest BCUT2D eigenvalue weighted by atomic mass is 10.2. The Morgan fingerprint density at radius 1 is 1.33 bits per heavy atom. The molecule has 1 aromatic heterocycles. The van der Waals surface area contributed by atoms with Crippen molar-refractivity contribution < 1.29 is 0 Å². The molecule has 2 aromatic rings. The van der Waals surface area contributed by atoms with E-state index in [1.807, 2.05) is 31.3 Å². The molecule has 96 valence electrons. The van der Waals surface area contributed by atoms with Crippen LogP contribution in [0.15, 0.2) is 24.4 Å². The van der Waals surface area contributed by atoms with Gasteiger partial charge in [0, 0.05) is 0 Å². The van der Waals surface area contributed by atoms with Gasteiger partial charge in [-0.3, -0.25) is 0 Å². The first-order valence-electron chi connectivity index (χ1n) is 6.08. The summed E-state index contributed by atoms with van der Waals surface area (Å²) in [5.41, 5.74) is 8.46. The first-order chi connectivity index (χ1) is 8.70. The van der Waals surface area contributed by atoms with Gasteiger partial charge in [0.1, 0.15) is 0 Å². The van der Waals surface area contributed by atoms with Gasteiger partial charge in [-0.1, -0.05) is 22.9 Å². The predicted octanol–water partition coefficient (Wildman–Crippen LogP) is 2.51. The van der Waals surface area contributed by atoms with Crippen LogP contribution in [0, 0.1) is 6.92 Å². The Balaban J connectivity index is 2.16. The van der Waals surface area contributed by atoms with Gasteiger partial charge >= 0.3 is 0 Å². The molecule has 0 amide bonds. The number of benzene rings is 1. The van der Waals surface area contributed by atoms with Gasteiger partial charge in [0.05, 0.1) is 22.6 Å². The van der Waals surface area contributed by atoms with E-state index >= 15 is 0 Å². The molecule has 0 fully saturated rings. The van der Waals surface area contributed by atoms with Gasteiger partial charge in [0.2, 0.25) is 0 Å². The third-order valence-electron chi connectivity index (χ3n) is 2.78. The van der Waals surface area contributed by atoms with Crippen molar-refractivity contribution in [2.24, 2.45) is 5.73 Å². The molecule has 0 bridgehead atoms. The molecule has 0 radical (unpaired) electrons. The first kappa shape index (κ1) is 13.1. The molecule has 1 heterocycles. The van der Waals surface area contributed by atoms with Gasteiger partial charge < -0.3 is 5.73 Å². The molecule has 1 aromatic carbocycles. The Kier molecular flexibility index (Phi) is 4.33. The number of aryl methyl sites for hydroxylation is 2. The summed E-state index contributed by atoms with van der Waals surface area (Å²) in [5.74, 6) is 0. The summed E-state index contributed by atoms with van der Waals surface area (Å²) in [4.78, 5) is 0. The summed E-state index contributed by atoms with van der Waals surface area (Å²) in [7, 11) is 0. The molecule has 0 aliphatic carbocycles. The van der Waals surface area contributed by atoms with Crippen LogP contribution in [-0.2, 0) is 6.42 Å². The molecule has 2 rings (SSSR count). The van der Waals surface area contributed by atoms with Crippen LogP contribution < -0.4 is 5.73 Å². The van der Waals surface area contributed by atoms with Gasteiger partial charge in [-0.15, -0.1) is 5.10 Å². The monoisotopic (exact) mass is 264 g/mol. The normalized spacial score (nSPS) is 10.8. The molecular formula is C13H17ClN4. The minimum absolute atomic E-state index is 0.680. The lowest BCUT2D eigenvalue weighted by Gasteiger charge is -2.03. The van der Waals surface area contributed by atoms with Crippen LogP contribution in [0.4, 0.5) is 0 Å². The van der Waals surface area contributed by atoms with Gasteiger partial charge in [-0.2, -0.15) is 0 Å². The second kappa shape index (κ2) is 5.98. The topological polar surface area (TPSA) is 56.7 Å². The van der Waals surface area contributed by atoms with E-state index in [0.29, 0.717) is 5.02 Å². The maximum absolute atomic E-state index is 6.16. The Morgan fingerprint density at radius 3 is 2.94 bits per heavy atom. The van der Waals surface area contributed by atoms with E-state index in [2.05, 4.69) is 10.3 Å². The molecule has 0 atom stereocenters. The zero-order valence-corrected chi connectivity index (χ0v) is 11.2. The maximum atomic E-state index is 6.16. The third kappa shape index (κ3) is 3.09. The third-order valence-corrected chi connectivity index (χ3v) is 3.10. The molecule has 0 spiro atoms. The number of hydrogen-bond acceptors (Lipinski definition) is 3. The van der Waals surface area contributed by atoms with Gasteiger partial charge in [0.15, 0.2) is 0 Å². The van der Waals surface area contributed by atoms with Crippen molar-refractivity contribution in [1.29, 1.82) is 0 Å². The number of hydrogen-bond donors (Lipinski definition) is 1. The molecule has 0 unspecified atom stereocenters. The van der Waals surface area contributed by atoms with Crippen LogP contribution >= 0.6 is 11.6 Å². The fraction of sp³-hybridized carbons (Fsp3) is 0.385. The van der Waals surface area contributed by atoms with Crippen LogP contribution in [-0.4, -0.2) is 21.5 Å². The minimum atomic E-state index is 0.680. The summed E-state index contributed by atoms with van der Waals surface area (Å²) in [6.07, 6.45) is 4.88. The summed E-state index contributed by atoms with van der Waals surface area (Å²) >= 11 is 6.16. The highest BCUT2D eigenvalue weighted by Crippen LogP contribution is 2.21. The quantitative estimate of drug-likeness (QED) is 0.845. The van der Waals surface area contributed by atoms with Crippen molar-refractivity contribution in [3.8, 4) is 5.69 Å². The lowest BCUT2D eigenvalue weighted by molar-refractivity contribution is 0.727. The average Bonchev–Trinajstić information content (AvgIpc) is 2.81. The fourth-order valence-electron chi connectivity index (χ4n) is 1.78. The summed E-state index contributed by atoms with van der Waals surface area (Å²) in [6, 6.07) is 5.85. The molecule has 5 heteroatoms. The fourth-order valence-corrected chi connectivity index (χ4v) is 1.98. The smallest absolute Gasteiger partial charge is 0.0852 e. The zero-order chi connectivity index (χ0) is 13.0. The number of rotatable bonds is 5. The van der Waals surface area contributed by atoms with E-state index in [-0.39, 0.29) is 0 Å². The number of nitrogens with two attached hydrogens (primary N) is 1. The average molecular weight is 265 g/mol. The predicted molar refractivity (Wildman–Crippen MR) is 73.1 cm³/mol. The summed E-state index contributed by atoms with van der Waals surface area (Å²) in [5, 5.41) is 8.95. The molecule has 0 aliphatic heterocycles. The summed E-state index contributed by atoms with van der Waals surface area (Å²) < 4.78 is 1.73. The van der Waals surface area contributed by atoms with Crippen LogP contribution in [0.25, 0.3) is 5.69 Å². The molecule has 18 heavy (non-hydrogen) atoms. The molecule has 2 N–H and O–H groups in total. The first-order valence-corrected chi connectivity index (χ1v) is 6.46. The van der Waals surface area contributed by atoms with Crippen molar-refractivity contribution in [1.82, 2.24) is 15.0 Å². The van der Waals surface area contributed by atoms with Gasteiger partial charge in [-0.05, 0) is 50.4 Å². The second-order valence-electron chi connectivity index (χ2n) is 4.36. The van der Waals surface area contributed by atoms with E-state index in [0.717, 1.165) is 42.8 Å². The summed E-state index contributed by atoms with van der Waals surface area (Å²) in [6.45, 7) is 2.75. The van der Waals surface area contributed by atoms with Crippen molar-refractivity contribution in [2.45, 2.75) is 26.2 Å². The Labute approximate surface area is 112 Å². The Bertz CT molecular complexity index is 521. The molecule has 4 nitrogen and oxygen atoms in total. The van der Waals surface area contributed by atoms with Gasteiger partial charge in [-0.25, -0.2) is 4.68 Å². The highest BCUT2D eigenvalue weighted by Gasteiger charge is 2.06. The number of halogens is 1. The second-order valence-corrected chi connectivity index (χ2v) is 4.76. The Hall–Kier alpha value is -1.39. The van der Waals surface area contributed by atoms with Crippen molar-refractivity contribution in [2.75, 3.05) is 6.54 Å². The van der Waals surface area contributed by atoms with E-state index in [4.69, 9.17) is 17.3 Å². The van der Waals surface area contributed by atoms with Crippen molar-refractivity contribution in [3.63, 3.8) is 0 Å². The standard InChI is InChI=1S/C13H17ClN4/c1-10-5-6-12(14)13(8-10)18-9-11(16-17-18)4-2-3-7-15/h5-6,8-9H,2-4,7,15H2,1H3. The van der Waals surface area contributed by atoms with Crippen molar-refractivity contribution in [3.05, 3.63) is 40.7 Å². The highest BCUT2D eigenvalue weighted by molar-refractivity contribution is 6.32. The van der Waals surface area contributed by atoms with Crippen LogP contribution in [0.1, 0.15) is 24.1 Å². The molecule has 0 saturated carbocycles. The minimum Gasteiger partial charge on any atom is -0.330 e. The van der Waals surface area contributed by atoms with E-state index in [1.54, 1.807) is 4.68 Å². The number of unbranched alkanes of at least 4 members (excludes halogenated alkanes) is 1. The lowest BCUT2D eigenvalue weighted by Crippen LogP contribution is -1.99. The van der Waals surface area contributed by atoms with Crippen LogP contribution in [0.3, 0.4) is 0 Å². The highest BCUT2D eigenvalue weighted by atomic mass is 35.5. The van der Waals surface area contributed by atoms with E-state index in [9.17, 15) is 0 Å². The zero-order valence-electron chi connectivity index (χ0n) is 10.4. The van der Waals surface area contributed by atoms with Crippen LogP contribution in [0.5, 0.6) is 0 Å². The van der Waals surface area contributed by atoms with E-state index < -0.39 is 0 Å².